The van der Waals surface area contributed by atoms with Crippen molar-refractivity contribution in [3.05, 3.63) is 27.1 Å². The molecule has 3 nitrogen and oxygen atoms in total. The Morgan fingerprint density at radius 3 is 2.59 bits per heavy atom. The van der Waals surface area contributed by atoms with Crippen LogP contribution in [0.4, 0.5) is 5.69 Å². The van der Waals surface area contributed by atoms with Crippen LogP contribution in [0, 0.1) is 0 Å². The minimum absolute atomic E-state index is 0.0392. The van der Waals surface area contributed by atoms with Gasteiger partial charge >= 0.3 is 0 Å². The zero-order valence-electron chi connectivity index (χ0n) is 9.30. The highest BCUT2D eigenvalue weighted by Gasteiger charge is 2.21. The van der Waals surface area contributed by atoms with E-state index >= 15 is 0 Å². The molecule has 0 aromatic heterocycles. The van der Waals surface area contributed by atoms with Crippen molar-refractivity contribution in [2.75, 3.05) is 11.9 Å². The number of halogens is 2. The van der Waals surface area contributed by atoms with Gasteiger partial charge < -0.3 is 10.6 Å². The van der Waals surface area contributed by atoms with Gasteiger partial charge in [-0.2, -0.15) is 0 Å². The van der Waals surface area contributed by atoms with Crippen LogP contribution in [0.1, 0.15) is 19.3 Å². The third-order valence-electron chi connectivity index (χ3n) is 2.84. The highest BCUT2D eigenvalue weighted by Crippen LogP contribution is 2.30. The summed E-state index contributed by atoms with van der Waals surface area (Å²) in [5.41, 5.74) is 0.796. The number of piperidine rings is 1. The molecule has 0 aliphatic carbocycles. The topological polar surface area (TPSA) is 41.1 Å². The molecule has 0 radical (unpaired) electrons. The summed E-state index contributed by atoms with van der Waals surface area (Å²) in [6.07, 6.45) is 3.18. The molecule has 1 aliphatic heterocycles. The van der Waals surface area contributed by atoms with E-state index < -0.39 is 0 Å². The fraction of sp³-hybridized carbons (Fsp3) is 0.417. The van der Waals surface area contributed by atoms with E-state index in [-0.39, 0.29) is 11.9 Å². The summed E-state index contributed by atoms with van der Waals surface area (Å²) in [6.45, 7) is 0.926. The van der Waals surface area contributed by atoms with Crippen molar-refractivity contribution in [2.24, 2.45) is 0 Å². The first kappa shape index (κ1) is 13.1. The molecular formula is C12H14Br2N2O. The van der Waals surface area contributed by atoms with Gasteiger partial charge in [-0.3, -0.25) is 4.79 Å². The summed E-state index contributed by atoms with van der Waals surface area (Å²) < 4.78 is 1.77. The molecule has 1 heterocycles. The number of anilines is 1. The first-order chi connectivity index (χ1) is 8.18. The maximum Gasteiger partial charge on any atom is 0.241 e. The number of para-hydroxylation sites is 1. The summed E-state index contributed by atoms with van der Waals surface area (Å²) in [7, 11) is 0. The molecule has 1 atom stereocenters. The van der Waals surface area contributed by atoms with E-state index in [4.69, 9.17) is 0 Å². The molecule has 1 aromatic carbocycles. The third kappa shape index (κ3) is 3.30. The fourth-order valence-electron chi connectivity index (χ4n) is 1.90. The van der Waals surface area contributed by atoms with Gasteiger partial charge in [0.25, 0.3) is 0 Å². The zero-order chi connectivity index (χ0) is 12.3. The highest BCUT2D eigenvalue weighted by molar-refractivity contribution is 9.11. The Balaban J connectivity index is 2.07. The largest absolute Gasteiger partial charge is 0.323 e. The van der Waals surface area contributed by atoms with Crippen molar-refractivity contribution in [2.45, 2.75) is 25.3 Å². The van der Waals surface area contributed by atoms with Crippen LogP contribution in [0.15, 0.2) is 27.1 Å². The van der Waals surface area contributed by atoms with Crippen LogP contribution in [0.5, 0.6) is 0 Å². The first-order valence-corrected chi connectivity index (χ1v) is 7.25. The summed E-state index contributed by atoms with van der Waals surface area (Å²) in [6, 6.07) is 5.68. The lowest BCUT2D eigenvalue weighted by Crippen LogP contribution is -2.43. The molecule has 92 valence electrons. The second-order valence-electron chi connectivity index (χ2n) is 4.09. The van der Waals surface area contributed by atoms with Crippen molar-refractivity contribution in [3.8, 4) is 0 Å². The van der Waals surface area contributed by atoms with Gasteiger partial charge in [-0.05, 0) is 63.4 Å². The van der Waals surface area contributed by atoms with E-state index in [0.29, 0.717) is 0 Å². The van der Waals surface area contributed by atoms with Crippen LogP contribution >= 0.6 is 31.9 Å². The Bertz CT molecular complexity index is 397. The molecule has 1 aliphatic rings. The average Bonchev–Trinajstić information content (AvgIpc) is 2.35. The lowest BCUT2D eigenvalue weighted by molar-refractivity contribution is -0.118. The summed E-state index contributed by atoms with van der Waals surface area (Å²) in [5.74, 6) is 0.0392. The van der Waals surface area contributed by atoms with Gasteiger partial charge in [0.2, 0.25) is 5.91 Å². The lowest BCUT2D eigenvalue weighted by Gasteiger charge is -2.23. The number of nitrogens with one attached hydrogen (secondary N) is 2. The molecule has 1 aromatic rings. The SMILES string of the molecule is O=C(Nc1c(Br)cccc1Br)C1CCCCN1. The summed E-state index contributed by atoms with van der Waals surface area (Å²) in [4.78, 5) is 12.1. The fourth-order valence-corrected chi connectivity index (χ4v) is 3.10. The van der Waals surface area contributed by atoms with E-state index in [2.05, 4.69) is 42.5 Å². The number of carbonyl (C=O) groups excluding carboxylic acids is 1. The standard InChI is InChI=1S/C12H14Br2N2O/c13-8-4-3-5-9(14)11(8)16-12(17)10-6-1-2-7-15-10/h3-5,10,15H,1-2,6-7H2,(H,16,17). The van der Waals surface area contributed by atoms with E-state index in [0.717, 1.165) is 40.4 Å². The molecule has 1 fully saturated rings. The van der Waals surface area contributed by atoms with Gasteiger partial charge in [0.15, 0.2) is 0 Å². The smallest absolute Gasteiger partial charge is 0.241 e. The Morgan fingerprint density at radius 1 is 1.29 bits per heavy atom. The van der Waals surface area contributed by atoms with Gasteiger partial charge in [-0.25, -0.2) is 0 Å². The maximum atomic E-state index is 12.1. The van der Waals surface area contributed by atoms with Crippen LogP contribution in [-0.4, -0.2) is 18.5 Å². The molecule has 5 heteroatoms. The Kier molecular flexibility index (Phi) is 4.59. The average molecular weight is 362 g/mol. The number of hydrogen-bond donors (Lipinski definition) is 2. The normalized spacial score (nSPS) is 20.0. The molecular weight excluding hydrogens is 348 g/mol. The van der Waals surface area contributed by atoms with Gasteiger partial charge in [0.05, 0.1) is 11.7 Å². The van der Waals surface area contributed by atoms with Crippen LogP contribution in [0.2, 0.25) is 0 Å². The molecule has 0 saturated carbocycles. The van der Waals surface area contributed by atoms with E-state index in [1.165, 1.54) is 0 Å². The van der Waals surface area contributed by atoms with Crippen molar-refractivity contribution < 1.29 is 4.79 Å². The van der Waals surface area contributed by atoms with Gasteiger partial charge in [0.1, 0.15) is 0 Å². The van der Waals surface area contributed by atoms with Crippen molar-refractivity contribution >= 4 is 43.5 Å². The molecule has 1 amide bonds. The van der Waals surface area contributed by atoms with E-state index in [9.17, 15) is 4.79 Å². The van der Waals surface area contributed by atoms with Crippen molar-refractivity contribution in [1.29, 1.82) is 0 Å². The molecule has 0 spiro atoms. The molecule has 0 bridgehead atoms. The van der Waals surface area contributed by atoms with E-state index in [1.807, 2.05) is 18.2 Å². The molecule has 2 rings (SSSR count). The van der Waals surface area contributed by atoms with Gasteiger partial charge in [0, 0.05) is 8.95 Å². The van der Waals surface area contributed by atoms with Gasteiger partial charge in [-0.15, -0.1) is 0 Å². The highest BCUT2D eigenvalue weighted by atomic mass is 79.9. The Hall–Kier alpha value is -0.390. The van der Waals surface area contributed by atoms with Crippen LogP contribution in [0.3, 0.4) is 0 Å². The minimum Gasteiger partial charge on any atom is -0.323 e. The second kappa shape index (κ2) is 5.98. The number of amides is 1. The molecule has 1 saturated heterocycles. The number of benzene rings is 1. The molecule has 2 N–H and O–H groups in total. The minimum atomic E-state index is -0.0669. The second-order valence-corrected chi connectivity index (χ2v) is 5.80. The first-order valence-electron chi connectivity index (χ1n) is 5.67. The Labute approximate surface area is 118 Å². The molecule has 1 unspecified atom stereocenters. The summed E-state index contributed by atoms with van der Waals surface area (Å²) in [5, 5.41) is 6.19. The monoisotopic (exact) mass is 360 g/mol. The predicted octanol–water partition coefficient (Wildman–Crippen LogP) is 3.29. The van der Waals surface area contributed by atoms with Crippen molar-refractivity contribution in [1.82, 2.24) is 5.32 Å². The predicted molar refractivity (Wildman–Crippen MR) is 76.1 cm³/mol. The lowest BCUT2D eigenvalue weighted by atomic mass is 10.0. The van der Waals surface area contributed by atoms with Crippen LogP contribution in [-0.2, 0) is 4.79 Å². The Morgan fingerprint density at radius 2 is 2.00 bits per heavy atom. The number of carbonyl (C=O) groups is 1. The maximum absolute atomic E-state index is 12.1. The molecule has 17 heavy (non-hydrogen) atoms. The van der Waals surface area contributed by atoms with E-state index in [1.54, 1.807) is 0 Å². The third-order valence-corrected chi connectivity index (χ3v) is 4.16. The quantitative estimate of drug-likeness (QED) is 0.848. The zero-order valence-corrected chi connectivity index (χ0v) is 12.5. The van der Waals surface area contributed by atoms with Crippen LogP contribution in [0.25, 0.3) is 0 Å². The van der Waals surface area contributed by atoms with Gasteiger partial charge in [-0.1, -0.05) is 12.5 Å². The van der Waals surface area contributed by atoms with Crippen molar-refractivity contribution in [3.63, 3.8) is 0 Å². The number of rotatable bonds is 2. The number of hydrogen-bond acceptors (Lipinski definition) is 2. The van der Waals surface area contributed by atoms with Crippen LogP contribution < -0.4 is 10.6 Å². The summed E-state index contributed by atoms with van der Waals surface area (Å²) >= 11 is 6.87.